The molecule has 0 spiro atoms. The number of carboxylic acid groups (broad SMARTS) is 1. The minimum absolute atomic E-state index is 0.0348. The number of ether oxygens (including phenoxy) is 2. The number of alkyl halides is 4. The number of rotatable bonds is 4. The molecular weight excluding hydrogens is 320 g/mol. The average Bonchev–Trinajstić information content (AvgIpc) is 3.02. The van der Waals surface area contributed by atoms with E-state index >= 15 is 0 Å². The molecule has 0 saturated heterocycles. The standard InChI is InChI=1S/C11H2F4O7/c12-10(13,8(17)18)11(14,15)9(19)22-5-3-1-2-4(20-3)6(5)21-7(2)16/h1H,(H,17,18). The zero-order valence-electron chi connectivity index (χ0n) is 9.99. The number of halogens is 4. The predicted molar refractivity (Wildman–Crippen MR) is 55.5 cm³/mol. The predicted octanol–water partition coefficient (Wildman–Crippen LogP) is 1.66. The van der Waals surface area contributed by atoms with E-state index in [9.17, 15) is 31.9 Å². The molecule has 3 rings (SSSR count). The third-order valence-corrected chi connectivity index (χ3v) is 2.90. The summed E-state index contributed by atoms with van der Waals surface area (Å²) in [6.45, 7) is 0. The lowest BCUT2D eigenvalue weighted by Gasteiger charge is -2.20. The first kappa shape index (κ1) is 14.1. The van der Waals surface area contributed by atoms with Crippen molar-refractivity contribution in [2.75, 3.05) is 0 Å². The highest BCUT2D eigenvalue weighted by Crippen LogP contribution is 2.49. The van der Waals surface area contributed by atoms with Crippen molar-refractivity contribution in [1.29, 1.82) is 0 Å². The molecule has 0 unspecified atom stereocenters. The first-order valence-electron chi connectivity index (χ1n) is 5.39. The highest BCUT2D eigenvalue weighted by atomic mass is 19.3. The molecule has 0 atom stereocenters. The number of furan rings is 2. The van der Waals surface area contributed by atoms with Crippen LogP contribution in [0.2, 0.25) is 0 Å². The smallest absolute Gasteiger partial charge is 0.416 e. The molecule has 1 N–H and O–H groups in total. The van der Waals surface area contributed by atoms with Crippen molar-refractivity contribution in [2.24, 2.45) is 0 Å². The Morgan fingerprint density at radius 3 is 2.41 bits per heavy atom. The van der Waals surface area contributed by atoms with Gasteiger partial charge in [0.15, 0.2) is 11.2 Å². The molecule has 116 valence electrons. The minimum Gasteiger partial charge on any atom is -0.477 e. The molecule has 0 saturated carbocycles. The lowest BCUT2D eigenvalue weighted by atomic mass is 10.1. The fourth-order valence-electron chi connectivity index (χ4n) is 1.79. The molecule has 1 aliphatic heterocycles. The van der Waals surface area contributed by atoms with Gasteiger partial charge in [0, 0.05) is 6.07 Å². The van der Waals surface area contributed by atoms with Gasteiger partial charge in [-0.05, 0) is 0 Å². The quantitative estimate of drug-likeness (QED) is 0.519. The van der Waals surface area contributed by atoms with Gasteiger partial charge < -0.3 is 19.0 Å². The normalized spacial score (nSPS) is 14.5. The van der Waals surface area contributed by atoms with Crippen molar-refractivity contribution >= 4 is 29.1 Å². The number of aliphatic carboxylic acids is 1. The van der Waals surface area contributed by atoms with Crippen LogP contribution in [0.5, 0.6) is 11.5 Å². The Morgan fingerprint density at radius 1 is 1.18 bits per heavy atom. The third-order valence-electron chi connectivity index (χ3n) is 2.90. The molecule has 0 amide bonds. The van der Waals surface area contributed by atoms with E-state index < -0.39 is 41.3 Å². The van der Waals surface area contributed by atoms with Gasteiger partial charge in [0.25, 0.3) is 0 Å². The van der Waals surface area contributed by atoms with E-state index in [0.717, 1.165) is 6.07 Å². The highest BCUT2D eigenvalue weighted by molar-refractivity contribution is 6.10. The second-order valence-electron chi connectivity index (χ2n) is 4.24. The first-order valence-corrected chi connectivity index (χ1v) is 5.39. The summed E-state index contributed by atoms with van der Waals surface area (Å²) in [5.74, 6) is -19.5. The van der Waals surface area contributed by atoms with Crippen molar-refractivity contribution in [3.05, 3.63) is 11.6 Å². The molecule has 0 aliphatic carbocycles. The van der Waals surface area contributed by atoms with Crippen LogP contribution in [0.25, 0.3) is 11.2 Å². The van der Waals surface area contributed by atoms with Crippen LogP contribution in [-0.2, 0) is 9.59 Å². The summed E-state index contributed by atoms with van der Waals surface area (Å²) in [5, 5.41) is 8.07. The lowest BCUT2D eigenvalue weighted by molar-refractivity contribution is -0.229. The summed E-state index contributed by atoms with van der Waals surface area (Å²) in [7, 11) is 0. The zero-order chi connectivity index (χ0) is 16.4. The Morgan fingerprint density at radius 2 is 1.82 bits per heavy atom. The molecule has 3 heterocycles. The summed E-state index contributed by atoms with van der Waals surface area (Å²) in [6, 6.07) is 1.00. The number of esters is 2. The molecule has 11 heteroatoms. The van der Waals surface area contributed by atoms with Crippen LogP contribution >= 0.6 is 0 Å². The summed E-state index contributed by atoms with van der Waals surface area (Å²) in [4.78, 5) is 32.6. The van der Waals surface area contributed by atoms with Crippen LogP contribution in [0.15, 0.2) is 10.5 Å². The van der Waals surface area contributed by atoms with E-state index in [-0.39, 0.29) is 16.7 Å². The van der Waals surface area contributed by atoms with Crippen molar-refractivity contribution in [2.45, 2.75) is 11.8 Å². The summed E-state index contributed by atoms with van der Waals surface area (Å²) >= 11 is 0. The second kappa shape index (κ2) is 3.87. The van der Waals surface area contributed by atoms with Crippen LogP contribution in [0.3, 0.4) is 0 Å². The highest BCUT2D eigenvalue weighted by Gasteiger charge is 2.69. The fourth-order valence-corrected chi connectivity index (χ4v) is 1.79. The molecule has 0 fully saturated rings. The van der Waals surface area contributed by atoms with E-state index in [4.69, 9.17) is 9.52 Å². The number of carboxylic acids is 1. The zero-order valence-corrected chi connectivity index (χ0v) is 9.99. The first-order chi connectivity index (χ1) is 10.1. The van der Waals surface area contributed by atoms with Gasteiger partial charge in [0.2, 0.25) is 11.5 Å². The Labute approximate surface area is 116 Å². The number of carbonyl (C=O) groups excluding carboxylic acids is 2. The lowest BCUT2D eigenvalue weighted by Crippen LogP contribution is -2.53. The van der Waals surface area contributed by atoms with Gasteiger partial charge >= 0.3 is 29.8 Å². The molecule has 7 nitrogen and oxygen atoms in total. The van der Waals surface area contributed by atoms with Crippen molar-refractivity contribution in [3.63, 3.8) is 0 Å². The topological polar surface area (TPSA) is 103 Å². The third kappa shape index (κ3) is 1.53. The summed E-state index contributed by atoms with van der Waals surface area (Å²) < 4.78 is 65.8. The van der Waals surface area contributed by atoms with Gasteiger partial charge in [-0.15, -0.1) is 0 Å². The monoisotopic (exact) mass is 322 g/mol. The molecular formula is C11H2F4O7. The van der Waals surface area contributed by atoms with Gasteiger partial charge in [-0.3, -0.25) is 0 Å². The molecule has 0 radical (unpaired) electrons. The van der Waals surface area contributed by atoms with Gasteiger partial charge in [0.05, 0.1) is 0 Å². The Bertz CT molecular complexity index is 822. The second-order valence-corrected chi connectivity index (χ2v) is 4.24. The largest absolute Gasteiger partial charge is 0.477 e. The summed E-state index contributed by atoms with van der Waals surface area (Å²) in [5.41, 5.74) is -0.572. The molecule has 22 heavy (non-hydrogen) atoms. The Kier molecular flexibility index (Phi) is 2.48. The van der Waals surface area contributed by atoms with E-state index in [1.165, 1.54) is 0 Å². The number of fused-ring (bicyclic) bond motifs is 1. The molecule has 2 aromatic rings. The molecule has 2 aromatic heterocycles. The van der Waals surface area contributed by atoms with Crippen LogP contribution in [0, 0.1) is 0 Å². The molecule has 1 aliphatic rings. The van der Waals surface area contributed by atoms with Crippen molar-refractivity contribution in [3.8, 4) is 11.5 Å². The maximum Gasteiger partial charge on any atom is 0.416 e. The molecule has 2 bridgehead atoms. The van der Waals surface area contributed by atoms with Crippen LogP contribution in [0.1, 0.15) is 10.4 Å². The van der Waals surface area contributed by atoms with Gasteiger partial charge in [0.1, 0.15) is 5.56 Å². The maximum atomic E-state index is 13.3. The van der Waals surface area contributed by atoms with Crippen molar-refractivity contribution < 1.29 is 50.9 Å². The van der Waals surface area contributed by atoms with E-state index in [2.05, 4.69) is 9.47 Å². The Hall–Kier alpha value is -2.85. The van der Waals surface area contributed by atoms with E-state index in [1.54, 1.807) is 0 Å². The van der Waals surface area contributed by atoms with E-state index in [1.807, 2.05) is 0 Å². The van der Waals surface area contributed by atoms with Crippen LogP contribution < -0.4 is 9.47 Å². The SMILES string of the molecule is O=C1Oc2c(OC(=O)C(F)(F)C(F)(F)C(=O)O)c3cc1c2o3. The molecule has 0 aromatic carbocycles. The summed E-state index contributed by atoms with van der Waals surface area (Å²) in [6.07, 6.45) is 0. The van der Waals surface area contributed by atoms with E-state index in [0.29, 0.717) is 0 Å². The number of hydrogen-bond donors (Lipinski definition) is 1. The van der Waals surface area contributed by atoms with Gasteiger partial charge in [-0.1, -0.05) is 0 Å². The maximum absolute atomic E-state index is 13.3. The number of benzene rings is 1. The number of carbonyl (C=O) groups is 3. The fraction of sp³-hybridized carbons (Fsp3) is 0.182. The average molecular weight is 322 g/mol. The van der Waals surface area contributed by atoms with Gasteiger partial charge in [-0.2, -0.15) is 17.6 Å². The van der Waals surface area contributed by atoms with Crippen LogP contribution in [-0.4, -0.2) is 34.9 Å². The van der Waals surface area contributed by atoms with Crippen LogP contribution in [0.4, 0.5) is 17.6 Å². The minimum atomic E-state index is -5.68. The number of hydrogen-bond acceptors (Lipinski definition) is 6. The van der Waals surface area contributed by atoms with Crippen molar-refractivity contribution in [1.82, 2.24) is 0 Å². The Balaban J connectivity index is 1.92. The van der Waals surface area contributed by atoms with Gasteiger partial charge in [-0.25, -0.2) is 14.4 Å².